The van der Waals surface area contributed by atoms with Crippen molar-refractivity contribution in [2.24, 2.45) is 0 Å². The number of phosphoric acid groups is 2. The van der Waals surface area contributed by atoms with E-state index in [0.717, 1.165) is 0 Å². The van der Waals surface area contributed by atoms with Crippen molar-refractivity contribution in [3.63, 3.8) is 0 Å². The van der Waals surface area contributed by atoms with E-state index in [1.807, 2.05) is 0 Å². The Morgan fingerprint density at radius 1 is 0.929 bits per heavy atom. The SMILES string of the molecule is Cl.N.O=P(O)(O)OP(=O)(O)O.[H-].[H-].[H-].[K+].[K+].[Na+]. The first-order valence-corrected chi connectivity index (χ1v) is 4.59. The molecule has 0 spiro atoms. The molecule has 0 aromatic rings. The van der Waals surface area contributed by atoms with Crippen molar-refractivity contribution in [1.29, 1.82) is 0 Å². The number of halogens is 1. The zero-order valence-electron chi connectivity index (χ0n) is 11.0. The van der Waals surface area contributed by atoms with Crippen LogP contribution >= 0.6 is 28.1 Å². The van der Waals surface area contributed by atoms with Gasteiger partial charge in [-0.2, -0.15) is 4.31 Å². The smallest absolute Gasteiger partial charge is 1.00 e. The average Bonchev–Trinajstić information content (AvgIpc) is 1.14. The molecular formula is H11ClK2NNaO7P2. The van der Waals surface area contributed by atoms with Crippen LogP contribution in [-0.4, -0.2) is 19.6 Å². The minimum absolute atomic E-state index is 0. The van der Waals surface area contributed by atoms with Gasteiger partial charge in [-0.25, -0.2) is 9.13 Å². The van der Waals surface area contributed by atoms with Crippen molar-refractivity contribution in [2.45, 2.75) is 0 Å². The molecule has 0 rings (SSSR count). The van der Waals surface area contributed by atoms with Crippen molar-refractivity contribution in [1.82, 2.24) is 6.15 Å². The van der Waals surface area contributed by atoms with E-state index in [0.29, 0.717) is 0 Å². The van der Waals surface area contributed by atoms with Gasteiger partial charge in [0.2, 0.25) is 0 Å². The first kappa shape index (κ1) is 36.4. The van der Waals surface area contributed by atoms with E-state index in [4.69, 9.17) is 19.6 Å². The van der Waals surface area contributed by atoms with Crippen LogP contribution in [0.5, 0.6) is 0 Å². The van der Waals surface area contributed by atoms with Gasteiger partial charge in [0.1, 0.15) is 0 Å². The maximum atomic E-state index is 9.63. The Morgan fingerprint density at radius 3 is 1.07 bits per heavy atom. The molecule has 0 radical (unpaired) electrons. The predicted octanol–water partition coefficient (Wildman–Crippen LogP) is -8.88. The normalized spacial score (nSPS) is 8.86. The molecule has 8 nitrogen and oxygen atoms in total. The minimum atomic E-state index is -5.05. The molecule has 0 heterocycles. The number of hydrogen-bond donors (Lipinski definition) is 5. The molecule has 14 heteroatoms. The summed E-state index contributed by atoms with van der Waals surface area (Å²) in [5.41, 5.74) is 0. The van der Waals surface area contributed by atoms with Crippen LogP contribution in [0.2, 0.25) is 0 Å². The quantitative estimate of drug-likeness (QED) is 0.246. The maximum absolute atomic E-state index is 9.63. The second-order valence-corrected chi connectivity index (χ2v) is 3.68. The van der Waals surface area contributed by atoms with Gasteiger partial charge in [0.05, 0.1) is 0 Å². The van der Waals surface area contributed by atoms with Gasteiger partial charge in [-0.3, -0.25) is 0 Å². The number of rotatable bonds is 2. The van der Waals surface area contributed by atoms with Crippen LogP contribution < -0.4 is 138 Å². The average molecular weight is 336 g/mol. The summed E-state index contributed by atoms with van der Waals surface area (Å²) in [5.74, 6) is 0. The fourth-order valence-corrected chi connectivity index (χ4v) is 1.25. The fraction of sp³-hybridized carbons (Fsp3) is 0. The third-order valence-corrected chi connectivity index (χ3v) is 1.91. The largest absolute Gasteiger partial charge is 1.00 e. The summed E-state index contributed by atoms with van der Waals surface area (Å²) in [6, 6.07) is 0. The first-order valence-electron chi connectivity index (χ1n) is 1.53. The van der Waals surface area contributed by atoms with Gasteiger partial charge in [-0.05, 0) is 0 Å². The topological polar surface area (TPSA) is 159 Å². The molecule has 0 aliphatic carbocycles. The molecule has 0 aliphatic rings. The van der Waals surface area contributed by atoms with E-state index in [9.17, 15) is 9.13 Å². The zero-order valence-corrected chi connectivity index (χ0v) is 18.9. The third kappa shape index (κ3) is 36.0. The summed E-state index contributed by atoms with van der Waals surface area (Å²) >= 11 is 0. The van der Waals surface area contributed by atoms with E-state index in [1.165, 1.54) is 0 Å². The van der Waals surface area contributed by atoms with Gasteiger partial charge in [0.25, 0.3) is 0 Å². The Labute approximate surface area is 199 Å². The molecule has 0 atom stereocenters. The van der Waals surface area contributed by atoms with Crippen molar-refractivity contribution in [3.8, 4) is 0 Å². The maximum Gasteiger partial charge on any atom is 1.00 e. The van der Waals surface area contributed by atoms with E-state index in [-0.39, 0.29) is 155 Å². The van der Waals surface area contributed by atoms with Crippen LogP contribution in [0.4, 0.5) is 0 Å². The van der Waals surface area contributed by atoms with Gasteiger partial charge in [0, 0.05) is 0 Å². The van der Waals surface area contributed by atoms with Crippen LogP contribution in [0, 0.1) is 0 Å². The molecule has 0 unspecified atom stereocenters. The van der Waals surface area contributed by atoms with E-state index in [2.05, 4.69) is 4.31 Å². The Balaban J connectivity index is -0.0000000114. The second-order valence-electron chi connectivity index (χ2n) is 1.06. The molecule has 0 aliphatic heterocycles. The molecule has 0 aromatic carbocycles. The van der Waals surface area contributed by atoms with E-state index in [1.54, 1.807) is 0 Å². The fourth-order valence-electron chi connectivity index (χ4n) is 0.139. The summed E-state index contributed by atoms with van der Waals surface area (Å²) in [6.07, 6.45) is 0. The van der Waals surface area contributed by atoms with Crippen LogP contribution in [0.25, 0.3) is 0 Å². The Hall–Kier alpha value is 4.78. The minimum Gasteiger partial charge on any atom is -1.00 e. The van der Waals surface area contributed by atoms with Crippen LogP contribution in [0.1, 0.15) is 4.28 Å². The van der Waals surface area contributed by atoms with Crippen molar-refractivity contribution < 1.29 is 170 Å². The van der Waals surface area contributed by atoms with Gasteiger partial charge < -0.3 is 30.0 Å². The second kappa shape index (κ2) is 15.8. The first-order chi connectivity index (χ1) is 3.71. The summed E-state index contributed by atoms with van der Waals surface area (Å²) < 4.78 is 22.2. The monoisotopic (exact) mass is 335 g/mol. The standard InChI is InChI=1S/ClH.2K.H3N.Na.H4O7P2.3H/c;;;;;1-8(2,3)7-9(4,5)6;;;/h1H;;;1H3;;(H2,1,2,3)(H2,4,5,6);;;/q;2*+1;;+1;;3*-1. The molecule has 14 heavy (non-hydrogen) atoms. The molecule has 7 N–H and O–H groups in total. The van der Waals surface area contributed by atoms with Crippen molar-refractivity contribution in [3.05, 3.63) is 0 Å². The van der Waals surface area contributed by atoms with Crippen molar-refractivity contribution in [2.75, 3.05) is 0 Å². The van der Waals surface area contributed by atoms with Gasteiger partial charge in [0.15, 0.2) is 0 Å². The van der Waals surface area contributed by atoms with Crippen LogP contribution in [-0.2, 0) is 13.4 Å². The third-order valence-electron chi connectivity index (χ3n) is 0.213. The molecule has 0 aromatic heterocycles. The molecule has 0 amide bonds. The Morgan fingerprint density at radius 2 is 1.07 bits per heavy atom. The number of hydrogen-bond acceptors (Lipinski definition) is 4. The van der Waals surface area contributed by atoms with Gasteiger partial charge in [-0.15, -0.1) is 12.4 Å². The van der Waals surface area contributed by atoms with Crippen LogP contribution in [0.3, 0.4) is 0 Å². The van der Waals surface area contributed by atoms with Gasteiger partial charge in [-0.1, -0.05) is 0 Å². The summed E-state index contributed by atoms with van der Waals surface area (Å²) in [4.78, 5) is 31.0. The molecule has 0 saturated heterocycles. The summed E-state index contributed by atoms with van der Waals surface area (Å²) in [7, 11) is -10.1. The summed E-state index contributed by atoms with van der Waals surface area (Å²) in [6.45, 7) is 0. The van der Waals surface area contributed by atoms with E-state index < -0.39 is 15.6 Å². The van der Waals surface area contributed by atoms with Gasteiger partial charge >= 0.3 is 148 Å². The molecule has 78 valence electrons. The zero-order chi connectivity index (χ0) is 7.71. The molecule has 0 bridgehead atoms. The Bertz CT molecular complexity index is 182. The van der Waals surface area contributed by atoms with Crippen LogP contribution in [0.15, 0.2) is 0 Å². The Kier molecular flexibility index (Phi) is 41.1. The molecular weight excluding hydrogens is 325 g/mol. The molecule has 0 saturated carbocycles. The summed E-state index contributed by atoms with van der Waals surface area (Å²) in [5, 5.41) is 0. The molecule has 0 fully saturated rings. The predicted molar refractivity (Wildman–Crippen MR) is 40.8 cm³/mol. The van der Waals surface area contributed by atoms with E-state index >= 15 is 0 Å². The van der Waals surface area contributed by atoms with Crippen molar-refractivity contribution >= 4 is 28.1 Å².